The van der Waals surface area contributed by atoms with Gasteiger partial charge in [-0.3, -0.25) is 24.2 Å². The number of carbonyl (C=O) groups is 2. The lowest BCUT2D eigenvalue weighted by molar-refractivity contribution is -0.165. The van der Waals surface area contributed by atoms with Crippen LogP contribution in [0.15, 0.2) is 60.2 Å². The quantitative estimate of drug-likeness (QED) is 0.211. The zero-order valence-electron chi connectivity index (χ0n) is 31.9. The van der Waals surface area contributed by atoms with Gasteiger partial charge in [0.15, 0.2) is 5.82 Å². The first-order valence-electron chi connectivity index (χ1n) is 18.9. The van der Waals surface area contributed by atoms with E-state index in [9.17, 15) is 32.7 Å². The van der Waals surface area contributed by atoms with Gasteiger partial charge in [-0.25, -0.2) is 9.97 Å². The van der Waals surface area contributed by atoms with E-state index in [0.717, 1.165) is 18.9 Å². The van der Waals surface area contributed by atoms with Crippen molar-refractivity contribution in [2.75, 3.05) is 59.8 Å². The minimum atomic E-state index is -4.57. The molecule has 4 aromatic rings. The first-order valence-corrected chi connectivity index (χ1v) is 18.9. The number of fused-ring (bicyclic) bond motifs is 3. The smallest absolute Gasteiger partial charge is 0.392 e. The van der Waals surface area contributed by atoms with Crippen LogP contribution >= 0.6 is 0 Å². The average Bonchev–Trinajstić information content (AvgIpc) is 3.64. The van der Waals surface area contributed by atoms with Crippen LogP contribution in [0.3, 0.4) is 0 Å². The third-order valence-corrected chi connectivity index (χ3v) is 11.4. The van der Waals surface area contributed by atoms with Gasteiger partial charge in [0.25, 0.3) is 11.5 Å². The molecule has 0 saturated carbocycles. The van der Waals surface area contributed by atoms with Crippen molar-refractivity contribution in [3.8, 4) is 11.3 Å². The van der Waals surface area contributed by atoms with Gasteiger partial charge < -0.3 is 34.5 Å². The molecule has 3 aliphatic heterocycles. The van der Waals surface area contributed by atoms with Gasteiger partial charge in [-0.2, -0.15) is 13.2 Å². The Kier molecular flexibility index (Phi) is 9.72. The molecule has 0 spiro atoms. The summed E-state index contributed by atoms with van der Waals surface area (Å²) in [5.74, 6) is -0.686. The van der Waals surface area contributed by atoms with Gasteiger partial charge >= 0.3 is 6.18 Å². The van der Waals surface area contributed by atoms with Gasteiger partial charge in [0.05, 0.1) is 42.9 Å². The zero-order chi connectivity index (χ0) is 40.4. The summed E-state index contributed by atoms with van der Waals surface area (Å²) in [6, 6.07) is 6.13. The first kappa shape index (κ1) is 38.4. The summed E-state index contributed by atoms with van der Waals surface area (Å²) in [6.45, 7) is 9.30. The molecular formula is C40H44F3N9O5. The molecular weight excluding hydrogens is 743 g/mol. The average molecular weight is 788 g/mol. The molecule has 1 aliphatic carbocycles. The summed E-state index contributed by atoms with van der Waals surface area (Å²) in [5, 5.41) is 16.3. The number of piperazine rings is 1. The Morgan fingerprint density at radius 3 is 2.60 bits per heavy atom. The van der Waals surface area contributed by atoms with E-state index >= 15 is 0 Å². The normalized spacial score (nSPS) is 19.6. The third kappa shape index (κ3) is 7.08. The molecule has 1 atom stereocenters. The fraction of sp³-hybridized carbons (Fsp3) is 0.425. The fourth-order valence-electron chi connectivity index (χ4n) is 8.46. The van der Waals surface area contributed by atoms with Crippen LogP contribution in [-0.2, 0) is 42.6 Å². The summed E-state index contributed by atoms with van der Waals surface area (Å²) in [4.78, 5) is 53.7. The Hall–Kier alpha value is -5.52. The molecule has 8 rings (SSSR count). The van der Waals surface area contributed by atoms with E-state index in [1.165, 1.54) is 58.4 Å². The van der Waals surface area contributed by atoms with Crippen molar-refractivity contribution < 1.29 is 32.6 Å². The van der Waals surface area contributed by atoms with Crippen molar-refractivity contribution in [2.24, 2.45) is 12.5 Å². The number of anilines is 5. The first-order chi connectivity index (χ1) is 27.2. The summed E-state index contributed by atoms with van der Waals surface area (Å²) < 4.78 is 52.2. The van der Waals surface area contributed by atoms with Crippen molar-refractivity contribution in [2.45, 2.75) is 58.1 Å². The summed E-state index contributed by atoms with van der Waals surface area (Å²) in [5.41, 5.74) is 4.16. The molecule has 300 valence electrons. The van der Waals surface area contributed by atoms with E-state index in [2.05, 4.69) is 45.6 Å². The predicted octanol–water partition coefficient (Wildman–Crippen LogP) is 4.24. The van der Waals surface area contributed by atoms with Gasteiger partial charge in [-0.1, -0.05) is 20.4 Å². The van der Waals surface area contributed by atoms with Gasteiger partial charge in [-0.15, -0.1) is 0 Å². The number of alkyl halides is 3. The minimum Gasteiger partial charge on any atom is -0.392 e. The number of aliphatic hydroxyl groups is 1. The number of ether oxygens (including phenoxy) is 1. The molecule has 0 unspecified atom stereocenters. The molecule has 14 nitrogen and oxygen atoms in total. The molecule has 3 N–H and O–H groups in total. The molecule has 3 aromatic heterocycles. The largest absolute Gasteiger partial charge is 0.409 e. The second-order valence-electron chi connectivity index (χ2n) is 15.8. The zero-order valence-corrected chi connectivity index (χ0v) is 31.9. The molecule has 2 amide bonds. The van der Waals surface area contributed by atoms with E-state index < -0.39 is 30.3 Å². The maximum absolute atomic E-state index is 14.5. The highest BCUT2D eigenvalue weighted by atomic mass is 19.4. The number of hydrogen-bond donors (Lipinski definition) is 3. The number of carbonyl (C=O) groups excluding carboxylic acids is 2. The number of benzene rings is 1. The number of nitrogens with one attached hydrogen (secondary N) is 2. The number of rotatable bonds is 9. The van der Waals surface area contributed by atoms with E-state index in [-0.39, 0.29) is 59.2 Å². The van der Waals surface area contributed by atoms with Crippen LogP contribution in [0.5, 0.6) is 0 Å². The molecule has 57 heavy (non-hydrogen) atoms. The molecule has 0 bridgehead atoms. The molecule has 0 radical (unpaired) electrons. The Morgan fingerprint density at radius 2 is 1.89 bits per heavy atom. The van der Waals surface area contributed by atoms with Crippen molar-refractivity contribution in [1.82, 2.24) is 24.0 Å². The number of nitrogens with zero attached hydrogens (tertiary/aromatic N) is 7. The van der Waals surface area contributed by atoms with E-state index in [4.69, 9.17) is 4.74 Å². The van der Waals surface area contributed by atoms with E-state index in [0.29, 0.717) is 55.4 Å². The number of aromatic nitrogens is 4. The van der Waals surface area contributed by atoms with Gasteiger partial charge in [0.2, 0.25) is 5.91 Å². The maximum atomic E-state index is 14.5. The Balaban J connectivity index is 1.10. The van der Waals surface area contributed by atoms with Crippen LogP contribution in [-0.4, -0.2) is 98.6 Å². The maximum Gasteiger partial charge on any atom is 0.409 e. The Labute approximate surface area is 326 Å². The van der Waals surface area contributed by atoms with E-state index in [1.807, 2.05) is 6.07 Å². The standard InChI is InChI=1S/C40H44F3N9O5/c1-5-34(54)46-28-15-24(6-7-30(28)51-11-10-49(25-21-57-22-25)19-33(51)40(41,42)43)45-35-38(56)48(4)18-29(47-35)26-8-9-44-36(27(26)20-53)52-13-12-50-31(37(52)55)14-23-16-39(2,3)17-32(23)50/h5-9,14-15,18,25,33,53H,1,10-13,16-17,19-22H2,2-4H3,(H,45,47)(H,46,54)/t33-/m1/s1. The van der Waals surface area contributed by atoms with Crippen LogP contribution in [0.1, 0.15) is 41.2 Å². The van der Waals surface area contributed by atoms with Crippen LogP contribution in [0, 0.1) is 5.41 Å². The summed E-state index contributed by atoms with van der Waals surface area (Å²) in [7, 11) is 1.54. The number of halogens is 3. The molecule has 6 heterocycles. The monoisotopic (exact) mass is 787 g/mol. The molecule has 1 aromatic carbocycles. The highest BCUT2D eigenvalue weighted by Gasteiger charge is 2.49. The lowest BCUT2D eigenvalue weighted by Gasteiger charge is -2.48. The summed E-state index contributed by atoms with van der Waals surface area (Å²) >= 11 is 0. The fourth-order valence-corrected chi connectivity index (χ4v) is 8.46. The molecule has 4 aliphatic rings. The second-order valence-corrected chi connectivity index (χ2v) is 15.8. The van der Waals surface area contributed by atoms with Crippen molar-refractivity contribution in [3.63, 3.8) is 0 Å². The number of amides is 2. The van der Waals surface area contributed by atoms with Crippen molar-refractivity contribution in [3.05, 3.63) is 88.2 Å². The van der Waals surface area contributed by atoms with Gasteiger partial charge in [0, 0.05) is 74.7 Å². The number of hydrogen-bond acceptors (Lipinski definition) is 10. The van der Waals surface area contributed by atoms with Crippen LogP contribution in [0.25, 0.3) is 11.3 Å². The van der Waals surface area contributed by atoms with Gasteiger partial charge in [0.1, 0.15) is 17.6 Å². The van der Waals surface area contributed by atoms with Gasteiger partial charge in [-0.05, 0) is 60.2 Å². The SMILES string of the molecule is C=CC(=O)Nc1cc(Nc2nc(-c3ccnc(N4CCn5c(cc6c5CC(C)(C)C6)C4=O)c3CO)cn(C)c2=O)ccc1N1CCN(C2COC2)C[C@@H]1C(F)(F)F. The van der Waals surface area contributed by atoms with Crippen LogP contribution < -0.4 is 26.0 Å². The minimum absolute atomic E-state index is 0.0475. The lowest BCUT2D eigenvalue weighted by atomic mass is 9.90. The van der Waals surface area contributed by atoms with Crippen LogP contribution in [0.2, 0.25) is 0 Å². The number of pyridine rings is 1. The third-order valence-electron chi connectivity index (χ3n) is 11.4. The Bertz CT molecular complexity index is 2330. The lowest BCUT2D eigenvalue weighted by Crippen LogP contribution is -2.64. The molecule has 2 saturated heterocycles. The highest BCUT2D eigenvalue weighted by molar-refractivity contribution is 6.06. The van der Waals surface area contributed by atoms with E-state index in [1.54, 1.807) is 15.9 Å². The summed E-state index contributed by atoms with van der Waals surface area (Å²) in [6.07, 6.45) is 1.26. The van der Waals surface area contributed by atoms with Crippen molar-refractivity contribution >= 4 is 40.5 Å². The Morgan fingerprint density at radius 1 is 1.11 bits per heavy atom. The predicted molar refractivity (Wildman–Crippen MR) is 208 cm³/mol. The topological polar surface area (TPSA) is 150 Å². The van der Waals surface area contributed by atoms with Crippen LogP contribution in [0.4, 0.5) is 41.9 Å². The molecule has 2 fully saturated rings. The number of aliphatic hydroxyl groups excluding tert-OH is 1. The molecule has 17 heteroatoms. The second kappa shape index (κ2) is 14.5. The highest BCUT2D eigenvalue weighted by Crippen LogP contribution is 2.41. The van der Waals surface area contributed by atoms with Crippen molar-refractivity contribution in [1.29, 1.82) is 0 Å². The number of aryl methyl sites for hydroxylation is 1.